The van der Waals surface area contributed by atoms with Gasteiger partial charge in [-0.15, -0.1) is 0 Å². The first-order chi connectivity index (χ1) is 19.2. The van der Waals surface area contributed by atoms with Gasteiger partial charge in [0.1, 0.15) is 0 Å². The van der Waals surface area contributed by atoms with E-state index in [2.05, 4.69) is 79.7 Å². The third kappa shape index (κ3) is 7.35. The molecule has 4 rings (SSSR count). The van der Waals surface area contributed by atoms with Crippen LogP contribution >= 0.6 is 0 Å². The van der Waals surface area contributed by atoms with Gasteiger partial charge in [0.25, 0.3) is 0 Å². The molecule has 11 atom stereocenters. The van der Waals surface area contributed by atoms with Crippen LogP contribution in [0.3, 0.4) is 0 Å². The summed E-state index contributed by atoms with van der Waals surface area (Å²) in [7, 11) is -3.82. The zero-order chi connectivity index (χ0) is 31.5. The average molecular weight is 639 g/mol. The fourth-order valence-electron chi connectivity index (χ4n) is 10.5. The Morgan fingerprint density at radius 3 is 1.86 bits per heavy atom. The fourth-order valence-corrected chi connectivity index (χ4v) is 13.9. The van der Waals surface area contributed by atoms with Crippen molar-refractivity contribution in [3.8, 4) is 0 Å². The highest BCUT2D eigenvalue weighted by Gasteiger charge is 2.66. The third-order valence-corrected chi connectivity index (χ3v) is 14.9. The lowest BCUT2D eigenvalue weighted by molar-refractivity contribution is -0.213. The second-order valence-corrected chi connectivity index (χ2v) is 31.6. The van der Waals surface area contributed by atoms with Gasteiger partial charge in [-0.05, 0) is 157 Å². The maximum Gasteiger partial charge on any atom is 0.305 e. The molecule has 0 amide bonds. The Morgan fingerprint density at radius 2 is 1.29 bits per heavy atom. The number of carbonyl (C=O) groups excluding carboxylic acids is 1. The van der Waals surface area contributed by atoms with E-state index in [9.17, 15) is 4.79 Å². The van der Waals surface area contributed by atoms with Crippen molar-refractivity contribution >= 4 is 30.9 Å². The van der Waals surface area contributed by atoms with Crippen molar-refractivity contribution in [2.75, 3.05) is 7.11 Å². The van der Waals surface area contributed by atoms with Crippen LogP contribution in [0.2, 0.25) is 58.9 Å². The quantitative estimate of drug-likeness (QED) is 0.176. The summed E-state index contributed by atoms with van der Waals surface area (Å²) in [5.74, 6) is 3.49. The minimum Gasteiger partial charge on any atom is -0.469 e. The predicted octanol–water partition coefficient (Wildman–Crippen LogP) is 9.11. The van der Waals surface area contributed by atoms with Gasteiger partial charge >= 0.3 is 5.97 Å². The number of hydrogen-bond acceptors (Lipinski definition) is 5. The van der Waals surface area contributed by atoms with Crippen molar-refractivity contribution < 1.29 is 22.8 Å². The molecule has 0 aromatic carbocycles. The van der Waals surface area contributed by atoms with Gasteiger partial charge in [0.05, 0.1) is 19.3 Å². The van der Waals surface area contributed by atoms with Crippen molar-refractivity contribution in [2.45, 2.75) is 156 Å². The van der Waals surface area contributed by atoms with Crippen LogP contribution in [0.1, 0.15) is 78.6 Å². The van der Waals surface area contributed by atoms with Crippen molar-refractivity contribution in [1.29, 1.82) is 0 Å². The Morgan fingerprint density at radius 1 is 0.738 bits per heavy atom. The summed E-state index contributed by atoms with van der Waals surface area (Å²) >= 11 is 0. The molecule has 6 unspecified atom stereocenters. The highest BCUT2D eigenvalue weighted by molar-refractivity contribution is 6.70. The molecule has 0 N–H and O–H groups in total. The van der Waals surface area contributed by atoms with E-state index in [0.717, 1.165) is 12.8 Å². The van der Waals surface area contributed by atoms with Gasteiger partial charge in [0.15, 0.2) is 25.0 Å². The number of rotatable bonds is 10. The smallest absolute Gasteiger partial charge is 0.305 e. The Kier molecular flexibility index (Phi) is 10.2. The van der Waals surface area contributed by atoms with E-state index >= 15 is 0 Å². The summed E-state index contributed by atoms with van der Waals surface area (Å²) in [5, 5.41) is 0. The van der Waals surface area contributed by atoms with Gasteiger partial charge in [0, 0.05) is 12.5 Å². The molecule has 42 heavy (non-hydrogen) atoms. The number of hydrogen-bond donors (Lipinski definition) is 0. The normalized spacial score (nSPS) is 41.5. The minimum atomic E-state index is -1.85. The van der Waals surface area contributed by atoms with Crippen LogP contribution in [0.4, 0.5) is 0 Å². The van der Waals surface area contributed by atoms with Crippen LogP contribution in [0, 0.1) is 46.3 Å². The van der Waals surface area contributed by atoms with E-state index in [1.165, 1.54) is 45.6 Å². The Labute approximate surface area is 262 Å². The highest BCUT2D eigenvalue weighted by atomic mass is 28.4. The molecule has 0 aliphatic heterocycles. The van der Waals surface area contributed by atoms with Crippen molar-refractivity contribution in [3.63, 3.8) is 0 Å². The third-order valence-electron chi connectivity index (χ3n) is 11.9. The van der Waals surface area contributed by atoms with E-state index in [-0.39, 0.29) is 23.6 Å². The lowest BCUT2D eigenvalue weighted by Crippen LogP contribution is -2.67. The van der Waals surface area contributed by atoms with E-state index in [1.807, 2.05) is 0 Å². The number of fused-ring (bicyclic) bond motifs is 5. The first-order valence-corrected chi connectivity index (χ1v) is 27.5. The summed E-state index contributed by atoms with van der Waals surface area (Å²) in [6.45, 7) is 29.0. The molecule has 4 saturated carbocycles. The SMILES string of the molecule is COC(=O)CC[C@@H](C)C1CCC2C3C(O[Si](C)(C)C)[C@@H](O[Si](C)(C)C)C4C[C@H](O[Si](C)(C)C)CC[C@]4(C)C3CC[C@@]21C. The molecule has 244 valence electrons. The maximum atomic E-state index is 12.0. The van der Waals surface area contributed by atoms with E-state index in [0.29, 0.717) is 53.4 Å². The van der Waals surface area contributed by atoms with Gasteiger partial charge in [-0.1, -0.05) is 20.8 Å². The molecular formula is C34H66O5Si3. The second kappa shape index (κ2) is 12.3. The van der Waals surface area contributed by atoms with Crippen LogP contribution in [0.5, 0.6) is 0 Å². The summed E-state index contributed by atoms with van der Waals surface area (Å²) < 4.78 is 26.6. The summed E-state index contributed by atoms with van der Waals surface area (Å²) in [6.07, 6.45) is 10.9. The molecule has 4 fully saturated rings. The summed E-state index contributed by atoms with van der Waals surface area (Å²) in [6, 6.07) is 0. The van der Waals surface area contributed by atoms with Crippen molar-refractivity contribution in [3.05, 3.63) is 0 Å². The molecule has 0 spiro atoms. The Balaban J connectivity index is 1.73. The fraction of sp³-hybridized carbons (Fsp3) is 0.971. The van der Waals surface area contributed by atoms with Gasteiger partial charge < -0.3 is 18.0 Å². The van der Waals surface area contributed by atoms with Crippen LogP contribution < -0.4 is 0 Å². The molecule has 0 aromatic rings. The number of carbonyl (C=O) groups is 1. The van der Waals surface area contributed by atoms with Crippen LogP contribution in [0.25, 0.3) is 0 Å². The highest BCUT2D eigenvalue weighted by Crippen LogP contribution is 2.69. The molecular weight excluding hydrogens is 573 g/mol. The molecule has 0 radical (unpaired) electrons. The minimum absolute atomic E-state index is 0.0693. The van der Waals surface area contributed by atoms with E-state index in [1.54, 1.807) is 0 Å². The summed E-state index contributed by atoms with van der Waals surface area (Å²) in [5.41, 5.74) is 0.562. The van der Waals surface area contributed by atoms with E-state index < -0.39 is 25.0 Å². The Bertz CT molecular complexity index is 954. The van der Waals surface area contributed by atoms with E-state index in [4.69, 9.17) is 18.0 Å². The zero-order valence-electron chi connectivity index (χ0n) is 29.6. The monoisotopic (exact) mass is 638 g/mol. The molecule has 0 aromatic heterocycles. The lowest BCUT2D eigenvalue weighted by Gasteiger charge is -2.66. The summed E-state index contributed by atoms with van der Waals surface area (Å²) in [4.78, 5) is 12.0. The molecule has 4 aliphatic carbocycles. The molecule has 0 saturated heterocycles. The van der Waals surface area contributed by atoms with Gasteiger partial charge in [-0.25, -0.2) is 0 Å². The largest absolute Gasteiger partial charge is 0.469 e. The van der Waals surface area contributed by atoms with Gasteiger partial charge in [0.2, 0.25) is 0 Å². The van der Waals surface area contributed by atoms with Crippen molar-refractivity contribution in [1.82, 2.24) is 0 Å². The Hall–Kier alpha value is 0.000649. The standard InChI is InChI=1S/C34H66O5Si3/c1-23(14-17-29(35)36-4)25-15-16-26-30-27(19-21-33(25,26)2)34(3)20-18-24(37-40(5,6)7)22-28(34)31(38-41(8,9)10)32(30)39-42(11,12)13/h23-28,30-32H,14-22H2,1-13H3/t23-,24-,25?,26?,27?,28?,30?,31+,32?,33-,34-/m1/s1. The zero-order valence-corrected chi connectivity index (χ0v) is 32.6. The first kappa shape index (κ1) is 34.9. The molecule has 4 aliphatic rings. The van der Waals surface area contributed by atoms with Crippen LogP contribution in [-0.2, 0) is 22.8 Å². The number of esters is 1. The molecule has 5 nitrogen and oxygen atoms in total. The first-order valence-electron chi connectivity index (χ1n) is 17.3. The molecule has 0 heterocycles. The topological polar surface area (TPSA) is 54.0 Å². The molecule has 0 bridgehead atoms. The van der Waals surface area contributed by atoms with Gasteiger partial charge in [-0.3, -0.25) is 4.79 Å². The van der Waals surface area contributed by atoms with Crippen LogP contribution in [0.15, 0.2) is 0 Å². The van der Waals surface area contributed by atoms with Gasteiger partial charge in [-0.2, -0.15) is 0 Å². The van der Waals surface area contributed by atoms with Crippen molar-refractivity contribution in [2.24, 2.45) is 46.3 Å². The van der Waals surface area contributed by atoms with Crippen LogP contribution in [-0.4, -0.2) is 56.3 Å². The predicted molar refractivity (Wildman–Crippen MR) is 181 cm³/mol. The number of methoxy groups -OCH3 is 1. The number of ether oxygens (including phenoxy) is 1. The maximum absolute atomic E-state index is 12.0. The second-order valence-electron chi connectivity index (χ2n) is 18.2. The average Bonchev–Trinajstić information content (AvgIpc) is 3.19. The molecule has 8 heteroatoms. The lowest BCUT2D eigenvalue weighted by atomic mass is 9.43.